The topological polar surface area (TPSA) is 103 Å². The van der Waals surface area contributed by atoms with Crippen LogP contribution < -0.4 is 10.6 Å². The second-order valence-corrected chi connectivity index (χ2v) is 7.26. The number of fused-ring (bicyclic) bond motifs is 3. The highest BCUT2D eigenvalue weighted by Gasteiger charge is 2.23. The van der Waals surface area contributed by atoms with Crippen molar-refractivity contribution in [2.75, 3.05) is 17.2 Å². The SMILES string of the molecule is CC(CO)Nc1nc2c(s1)-c1nc(Nc3cccc(O)c3)ncc1CC2. The Bertz CT molecular complexity index is 943. The molecule has 0 amide bonds. The third-order valence-corrected chi connectivity index (χ3v) is 5.19. The van der Waals surface area contributed by atoms with Crippen molar-refractivity contribution in [2.24, 2.45) is 0 Å². The van der Waals surface area contributed by atoms with E-state index in [-0.39, 0.29) is 18.4 Å². The molecule has 3 aromatic rings. The number of rotatable bonds is 5. The standard InChI is InChI=1S/C18H19N5O2S/c1-10(9-24)20-18-22-14-6-5-11-8-19-17(23-15(11)16(14)26-18)21-12-3-2-4-13(25)7-12/h2-4,7-8,10,24-25H,5-6,9H2,1H3,(H,20,22)(H,19,21,23). The molecule has 2 heterocycles. The molecule has 0 spiro atoms. The number of aromatic hydroxyl groups is 1. The van der Waals surface area contributed by atoms with Crippen LogP contribution in [0.5, 0.6) is 5.75 Å². The fourth-order valence-corrected chi connectivity index (χ4v) is 3.98. The third kappa shape index (κ3) is 3.33. The molecule has 0 fully saturated rings. The average molecular weight is 369 g/mol. The summed E-state index contributed by atoms with van der Waals surface area (Å²) in [6.07, 6.45) is 3.56. The van der Waals surface area contributed by atoms with E-state index in [0.29, 0.717) is 5.95 Å². The third-order valence-electron chi connectivity index (χ3n) is 4.15. The normalized spacial score (nSPS) is 13.6. The van der Waals surface area contributed by atoms with Crippen LogP contribution in [0.25, 0.3) is 10.6 Å². The first-order chi connectivity index (χ1) is 12.6. The lowest BCUT2D eigenvalue weighted by molar-refractivity contribution is 0.281. The van der Waals surface area contributed by atoms with E-state index < -0.39 is 0 Å². The predicted octanol–water partition coefficient (Wildman–Crippen LogP) is 2.94. The maximum atomic E-state index is 9.60. The maximum Gasteiger partial charge on any atom is 0.227 e. The zero-order chi connectivity index (χ0) is 18.1. The van der Waals surface area contributed by atoms with Gasteiger partial charge in [0, 0.05) is 24.0 Å². The van der Waals surface area contributed by atoms with Gasteiger partial charge in [-0.3, -0.25) is 0 Å². The first-order valence-corrected chi connectivity index (χ1v) is 9.23. The summed E-state index contributed by atoms with van der Waals surface area (Å²) in [5.41, 5.74) is 3.75. The van der Waals surface area contributed by atoms with Crippen LogP contribution in [0.1, 0.15) is 18.2 Å². The van der Waals surface area contributed by atoms with E-state index in [4.69, 9.17) is 0 Å². The first-order valence-electron chi connectivity index (χ1n) is 8.42. The number of anilines is 3. The molecule has 7 nitrogen and oxygen atoms in total. The Hall–Kier alpha value is -2.71. The van der Waals surface area contributed by atoms with E-state index in [0.717, 1.165) is 45.5 Å². The Morgan fingerprint density at radius 1 is 1.27 bits per heavy atom. The van der Waals surface area contributed by atoms with Gasteiger partial charge in [-0.2, -0.15) is 0 Å². The number of aliphatic hydroxyl groups excluding tert-OH is 1. The molecule has 26 heavy (non-hydrogen) atoms. The molecule has 1 aliphatic rings. The Morgan fingerprint density at radius 2 is 2.15 bits per heavy atom. The number of phenolic OH excluding ortho intramolecular Hbond substituents is 1. The van der Waals surface area contributed by atoms with E-state index in [1.54, 1.807) is 29.5 Å². The van der Waals surface area contributed by atoms with E-state index in [1.807, 2.05) is 19.2 Å². The summed E-state index contributed by atoms with van der Waals surface area (Å²) in [4.78, 5) is 14.8. The highest BCUT2D eigenvalue weighted by atomic mass is 32.1. The quantitative estimate of drug-likeness (QED) is 0.548. The molecule has 0 saturated heterocycles. The number of benzene rings is 1. The van der Waals surface area contributed by atoms with Gasteiger partial charge in [-0.05, 0) is 37.5 Å². The largest absolute Gasteiger partial charge is 0.508 e. The summed E-state index contributed by atoms with van der Waals surface area (Å²) in [6.45, 7) is 1.97. The van der Waals surface area contributed by atoms with Crippen molar-refractivity contribution < 1.29 is 10.2 Å². The van der Waals surface area contributed by atoms with Gasteiger partial charge in [0.1, 0.15) is 5.75 Å². The van der Waals surface area contributed by atoms with Crippen molar-refractivity contribution in [2.45, 2.75) is 25.8 Å². The van der Waals surface area contributed by atoms with Gasteiger partial charge in [0.25, 0.3) is 0 Å². The smallest absolute Gasteiger partial charge is 0.227 e. The van der Waals surface area contributed by atoms with E-state index >= 15 is 0 Å². The molecule has 1 aromatic carbocycles. The molecule has 4 N–H and O–H groups in total. The van der Waals surface area contributed by atoms with Gasteiger partial charge in [-0.1, -0.05) is 17.4 Å². The Balaban J connectivity index is 1.64. The van der Waals surface area contributed by atoms with Crippen molar-refractivity contribution in [1.29, 1.82) is 0 Å². The molecule has 8 heteroatoms. The predicted molar refractivity (Wildman–Crippen MR) is 102 cm³/mol. The van der Waals surface area contributed by atoms with E-state index in [2.05, 4.69) is 25.6 Å². The van der Waals surface area contributed by atoms with Gasteiger partial charge >= 0.3 is 0 Å². The molecule has 0 radical (unpaired) electrons. The Labute approximate surface area is 154 Å². The van der Waals surface area contributed by atoms with Gasteiger partial charge in [-0.15, -0.1) is 0 Å². The van der Waals surface area contributed by atoms with Crippen LogP contribution in [0, 0.1) is 0 Å². The van der Waals surface area contributed by atoms with E-state index in [9.17, 15) is 10.2 Å². The van der Waals surface area contributed by atoms with Crippen molar-refractivity contribution in [3.63, 3.8) is 0 Å². The summed E-state index contributed by atoms with van der Waals surface area (Å²) < 4.78 is 0. The van der Waals surface area contributed by atoms with Crippen LogP contribution in [0.15, 0.2) is 30.5 Å². The zero-order valence-corrected chi connectivity index (χ0v) is 15.0. The van der Waals surface area contributed by atoms with Gasteiger partial charge in [0.15, 0.2) is 5.13 Å². The molecule has 1 atom stereocenters. The molecular formula is C18H19N5O2S. The highest BCUT2D eigenvalue weighted by molar-refractivity contribution is 7.19. The zero-order valence-electron chi connectivity index (χ0n) is 14.2. The van der Waals surface area contributed by atoms with Gasteiger partial charge in [0.2, 0.25) is 5.95 Å². The number of phenols is 1. The molecular weight excluding hydrogens is 350 g/mol. The van der Waals surface area contributed by atoms with Crippen molar-refractivity contribution in [3.8, 4) is 16.3 Å². The van der Waals surface area contributed by atoms with Crippen molar-refractivity contribution in [1.82, 2.24) is 15.0 Å². The molecule has 2 aromatic heterocycles. The number of aryl methyl sites for hydroxylation is 2. The summed E-state index contributed by atoms with van der Waals surface area (Å²) in [6, 6.07) is 6.80. The number of hydrogen-bond donors (Lipinski definition) is 4. The number of nitrogens with one attached hydrogen (secondary N) is 2. The molecule has 4 rings (SSSR count). The van der Waals surface area contributed by atoms with Gasteiger partial charge in [-0.25, -0.2) is 15.0 Å². The fourth-order valence-electron chi connectivity index (χ4n) is 2.84. The molecule has 0 bridgehead atoms. The summed E-state index contributed by atoms with van der Waals surface area (Å²) in [5.74, 6) is 0.667. The first kappa shape index (κ1) is 16.7. The maximum absolute atomic E-state index is 9.60. The van der Waals surface area contributed by atoms with Crippen LogP contribution in [0.4, 0.5) is 16.8 Å². The minimum atomic E-state index is -0.0459. The fraction of sp³-hybridized carbons (Fsp3) is 0.278. The second-order valence-electron chi connectivity index (χ2n) is 6.27. The van der Waals surface area contributed by atoms with Gasteiger partial charge in [0.05, 0.1) is 22.9 Å². The van der Waals surface area contributed by atoms with Crippen LogP contribution in [-0.2, 0) is 12.8 Å². The minimum absolute atomic E-state index is 0.0459. The average Bonchev–Trinajstić information content (AvgIpc) is 3.04. The summed E-state index contributed by atoms with van der Waals surface area (Å²) in [5, 5.41) is 26.0. The number of nitrogens with zero attached hydrogens (tertiary/aromatic N) is 3. The lowest BCUT2D eigenvalue weighted by atomic mass is 10.00. The Kier molecular flexibility index (Phi) is 4.44. The van der Waals surface area contributed by atoms with Crippen LogP contribution in [0.3, 0.4) is 0 Å². The van der Waals surface area contributed by atoms with Crippen LogP contribution in [0.2, 0.25) is 0 Å². The second kappa shape index (κ2) is 6.89. The molecule has 134 valence electrons. The summed E-state index contributed by atoms with van der Waals surface area (Å²) >= 11 is 1.55. The number of hydrogen-bond acceptors (Lipinski definition) is 8. The lowest BCUT2D eigenvalue weighted by Crippen LogP contribution is -2.19. The number of aliphatic hydroxyl groups is 1. The van der Waals surface area contributed by atoms with E-state index in [1.165, 1.54) is 0 Å². The van der Waals surface area contributed by atoms with Gasteiger partial charge < -0.3 is 20.8 Å². The summed E-state index contributed by atoms with van der Waals surface area (Å²) in [7, 11) is 0. The van der Waals surface area contributed by atoms with Crippen LogP contribution in [-0.4, -0.2) is 37.8 Å². The Morgan fingerprint density at radius 3 is 2.96 bits per heavy atom. The monoisotopic (exact) mass is 369 g/mol. The molecule has 1 unspecified atom stereocenters. The van der Waals surface area contributed by atoms with Crippen LogP contribution >= 0.6 is 11.3 Å². The highest BCUT2D eigenvalue weighted by Crippen LogP contribution is 2.38. The van der Waals surface area contributed by atoms with Crippen molar-refractivity contribution >= 4 is 28.1 Å². The lowest BCUT2D eigenvalue weighted by Gasteiger charge is -2.15. The number of thiazole rings is 1. The molecule has 0 saturated carbocycles. The molecule has 0 aliphatic heterocycles. The van der Waals surface area contributed by atoms with Crippen molar-refractivity contribution in [3.05, 3.63) is 41.7 Å². The number of aromatic nitrogens is 3. The minimum Gasteiger partial charge on any atom is -0.508 e. The molecule has 1 aliphatic carbocycles.